The lowest BCUT2D eigenvalue weighted by atomic mass is 10.4. The molecule has 7 heteroatoms. The van der Waals surface area contributed by atoms with Gasteiger partial charge in [-0.25, -0.2) is 4.79 Å². The van der Waals surface area contributed by atoms with Crippen molar-refractivity contribution in [1.82, 2.24) is 5.32 Å². The van der Waals surface area contributed by atoms with Gasteiger partial charge in [0.2, 0.25) is 0 Å². The Labute approximate surface area is 126 Å². The number of carbonyl (C=O) groups is 2. The van der Waals surface area contributed by atoms with Crippen LogP contribution >= 0.6 is 22.9 Å². The minimum Gasteiger partial charge on any atom is -0.454 e. The van der Waals surface area contributed by atoms with Gasteiger partial charge >= 0.3 is 5.97 Å². The molecule has 110 valence electrons. The van der Waals surface area contributed by atoms with Crippen molar-refractivity contribution in [2.24, 2.45) is 0 Å². The average Bonchev–Trinajstić information content (AvgIpc) is 2.85. The van der Waals surface area contributed by atoms with Crippen molar-refractivity contribution in [3.05, 3.63) is 34.0 Å². The molecule has 0 radical (unpaired) electrons. The summed E-state index contributed by atoms with van der Waals surface area (Å²) >= 11 is 7.15. The van der Waals surface area contributed by atoms with Gasteiger partial charge in [-0.15, -0.1) is 17.9 Å². The van der Waals surface area contributed by atoms with Crippen LogP contribution in [0, 0.1) is 0 Å². The average molecular weight is 318 g/mol. The van der Waals surface area contributed by atoms with E-state index in [1.807, 2.05) is 6.07 Å². The number of thiophene rings is 1. The number of esters is 1. The molecular formula is C13H16ClNO4S. The third-order valence-corrected chi connectivity index (χ3v) is 3.46. The van der Waals surface area contributed by atoms with Gasteiger partial charge < -0.3 is 14.8 Å². The Hall–Kier alpha value is -1.37. The van der Waals surface area contributed by atoms with Crippen LogP contribution in [0.1, 0.15) is 11.8 Å². The molecule has 1 unspecified atom stereocenters. The van der Waals surface area contributed by atoms with Crippen LogP contribution in [0.5, 0.6) is 0 Å². The quantitative estimate of drug-likeness (QED) is 0.589. The minimum atomic E-state index is -0.725. The molecule has 5 nitrogen and oxygen atoms in total. The van der Waals surface area contributed by atoms with Crippen molar-refractivity contribution in [3.63, 3.8) is 0 Å². The molecule has 1 aromatic rings. The molecule has 0 aliphatic heterocycles. The minimum absolute atomic E-state index is 0.252. The van der Waals surface area contributed by atoms with Gasteiger partial charge in [0.1, 0.15) is 0 Å². The molecule has 1 amide bonds. The van der Waals surface area contributed by atoms with Gasteiger partial charge in [-0.1, -0.05) is 17.7 Å². The Balaban J connectivity index is 2.22. The summed E-state index contributed by atoms with van der Waals surface area (Å²) in [5, 5.41) is 2.63. The first-order valence-corrected chi connectivity index (χ1v) is 7.12. The molecule has 0 spiro atoms. The second kappa shape index (κ2) is 8.73. The van der Waals surface area contributed by atoms with Crippen molar-refractivity contribution < 1.29 is 19.1 Å². The Morgan fingerprint density at radius 2 is 2.30 bits per heavy atom. The number of nitrogens with one attached hydrogen (secondary N) is 1. The normalized spacial score (nSPS) is 11.7. The summed E-state index contributed by atoms with van der Waals surface area (Å²) < 4.78 is 10.6. The molecular weight excluding hydrogens is 302 g/mol. The van der Waals surface area contributed by atoms with Crippen molar-refractivity contribution >= 4 is 34.8 Å². The first-order chi connectivity index (χ1) is 9.52. The van der Waals surface area contributed by atoms with E-state index in [4.69, 9.17) is 21.1 Å². The molecule has 0 aliphatic rings. The van der Waals surface area contributed by atoms with Gasteiger partial charge in [-0.2, -0.15) is 0 Å². The Bertz CT molecular complexity index is 475. The summed E-state index contributed by atoms with van der Waals surface area (Å²) in [5.41, 5.74) is 0. The molecule has 1 N–H and O–H groups in total. The van der Waals surface area contributed by atoms with Crippen molar-refractivity contribution in [2.45, 2.75) is 19.6 Å². The maximum absolute atomic E-state index is 11.5. The largest absolute Gasteiger partial charge is 0.454 e. The lowest BCUT2D eigenvalue weighted by Crippen LogP contribution is -2.31. The van der Waals surface area contributed by atoms with Gasteiger partial charge in [-0.05, 0) is 19.1 Å². The Kier molecular flexibility index (Phi) is 7.28. The lowest BCUT2D eigenvalue weighted by Gasteiger charge is -2.11. The van der Waals surface area contributed by atoms with Gasteiger partial charge in [0.25, 0.3) is 5.91 Å². The number of carbonyl (C=O) groups excluding carboxylic acids is 2. The van der Waals surface area contributed by atoms with E-state index in [0.717, 1.165) is 4.88 Å². The van der Waals surface area contributed by atoms with Crippen LogP contribution in [-0.4, -0.2) is 31.2 Å². The van der Waals surface area contributed by atoms with Gasteiger partial charge in [0.15, 0.2) is 12.7 Å². The number of amides is 1. The maximum Gasteiger partial charge on any atom is 0.335 e. The molecule has 0 bridgehead atoms. The summed E-state index contributed by atoms with van der Waals surface area (Å²) in [7, 11) is 0. The number of rotatable bonds is 8. The van der Waals surface area contributed by atoms with Crippen molar-refractivity contribution in [3.8, 4) is 0 Å². The highest BCUT2D eigenvalue weighted by Crippen LogP contribution is 2.20. The van der Waals surface area contributed by atoms with Gasteiger partial charge in [0, 0.05) is 4.88 Å². The highest BCUT2D eigenvalue weighted by atomic mass is 35.5. The van der Waals surface area contributed by atoms with E-state index in [1.54, 1.807) is 13.0 Å². The topological polar surface area (TPSA) is 64.6 Å². The predicted octanol–water partition coefficient (Wildman–Crippen LogP) is 2.15. The monoisotopic (exact) mass is 317 g/mol. The van der Waals surface area contributed by atoms with Crippen molar-refractivity contribution in [1.29, 1.82) is 0 Å². The second-order valence-corrected chi connectivity index (χ2v) is 5.65. The summed E-state index contributed by atoms with van der Waals surface area (Å²) in [6, 6.07) is 3.58. The Morgan fingerprint density at radius 1 is 1.55 bits per heavy atom. The number of ether oxygens (including phenoxy) is 2. The second-order valence-electron chi connectivity index (χ2n) is 3.85. The zero-order chi connectivity index (χ0) is 15.0. The van der Waals surface area contributed by atoms with E-state index in [2.05, 4.69) is 11.9 Å². The van der Waals surface area contributed by atoms with Crippen LogP contribution in [0.25, 0.3) is 0 Å². The van der Waals surface area contributed by atoms with Crippen LogP contribution in [0.3, 0.4) is 0 Å². The van der Waals surface area contributed by atoms with E-state index in [1.165, 1.54) is 17.4 Å². The molecule has 0 saturated carbocycles. The summed E-state index contributed by atoms with van der Waals surface area (Å²) in [5.74, 6) is -0.958. The molecule has 1 heterocycles. The first kappa shape index (κ1) is 16.7. The van der Waals surface area contributed by atoms with Crippen LogP contribution in [0.4, 0.5) is 0 Å². The summed E-state index contributed by atoms with van der Waals surface area (Å²) in [6.07, 6.45) is 0.805. The third-order valence-electron chi connectivity index (χ3n) is 2.23. The smallest absolute Gasteiger partial charge is 0.335 e. The van der Waals surface area contributed by atoms with Crippen LogP contribution in [0.15, 0.2) is 24.8 Å². The molecule has 0 aromatic carbocycles. The molecule has 0 fully saturated rings. The van der Waals surface area contributed by atoms with E-state index in [9.17, 15) is 9.59 Å². The van der Waals surface area contributed by atoms with E-state index in [0.29, 0.717) is 10.9 Å². The molecule has 0 saturated heterocycles. The molecule has 20 heavy (non-hydrogen) atoms. The van der Waals surface area contributed by atoms with E-state index in [-0.39, 0.29) is 19.1 Å². The van der Waals surface area contributed by atoms with Crippen LogP contribution in [-0.2, 0) is 25.6 Å². The van der Waals surface area contributed by atoms with E-state index < -0.39 is 12.1 Å². The van der Waals surface area contributed by atoms with E-state index >= 15 is 0 Å². The fourth-order valence-electron chi connectivity index (χ4n) is 1.22. The maximum atomic E-state index is 11.5. The number of hydrogen-bond donors (Lipinski definition) is 1. The van der Waals surface area contributed by atoms with Gasteiger partial charge in [0.05, 0.1) is 17.5 Å². The predicted molar refractivity (Wildman–Crippen MR) is 77.7 cm³/mol. The fourth-order valence-corrected chi connectivity index (χ4v) is 2.25. The number of halogens is 1. The highest BCUT2D eigenvalue weighted by molar-refractivity contribution is 7.16. The Morgan fingerprint density at radius 3 is 2.90 bits per heavy atom. The zero-order valence-electron chi connectivity index (χ0n) is 11.1. The molecule has 1 aromatic heterocycles. The first-order valence-electron chi connectivity index (χ1n) is 5.93. The standard InChI is InChI=1S/C13H16ClNO4S/c1-3-6-18-9(2)13(17)19-8-12(16)15-7-10-4-5-11(14)20-10/h3-5,9H,1,6-8H2,2H3,(H,15,16). The fraction of sp³-hybridized carbons (Fsp3) is 0.385. The summed E-state index contributed by atoms with van der Waals surface area (Å²) in [6.45, 7) is 5.30. The highest BCUT2D eigenvalue weighted by Gasteiger charge is 2.15. The third kappa shape index (κ3) is 6.18. The van der Waals surface area contributed by atoms with Crippen LogP contribution in [0.2, 0.25) is 4.34 Å². The van der Waals surface area contributed by atoms with Gasteiger partial charge in [-0.3, -0.25) is 4.79 Å². The lowest BCUT2D eigenvalue weighted by molar-refractivity contribution is -0.158. The number of hydrogen-bond acceptors (Lipinski definition) is 5. The van der Waals surface area contributed by atoms with Crippen LogP contribution < -0.4 is 5.32 Å². The molecule has 1 atom stereocenters. The summed E-state index contributed by atoms with van der Waals surface area (Å²) in [4.78, 5) is 23.9. The SMILES string of the molecule is C=CCOC(C)C(=O)OCC(=O)NCc1ccc(Cl)s1. The van der Waals surface area contributed by atoms with Crippen molar-refractivity contribution in [2.75, 3.05) is 13.2 Å². The molecule has 0 aliphatic carbocycles. The zero-order valence-corrected chi connectivity index (χ0v) is 12.6. The molecule has 1 rings (SSSR count).